The summed E-state index contributed by atoms with van der Waals surface area (Å²) in [7, 11) is 1.43. The largest absolute Gasteiger partial charge is 0.493 e. The SMILES string of the molecule is COC(=O)C1=CO[C@H](C)C2=CN3CCc4c([nH]c5ccccc45)[C@H]3C[C@H]12. The molecule has 0 spiro atoms. The van der Waals surface area contributed by atoms with Crippen molar-refractivity contribution in [1.29, 1.82) is 0 Å². The van der Waals surface area contributed by atoms with Gasteiger partial charge >= 0.3 is 5.97 Å². The van der Waals surface area contributed by atoms with Gasteiger partial charge in [0.05, 0.1) is 25.0 Å². The van der Waals surface area contributed by atoms with E-state index in [1.807, 2.05) is 6.92 Å². The fourth-order valence-electron chi connectivity index (χ4n) is 4.72. The van der Waals surface area contributed by atoms with E-state index in [0.717, 1.165) is 19.4 Å². The summed E-state index contributed by atoms with van der Waals surface area (Å²) in [6.07, 6.45) is 5.69. The Morgan fingerprint density at radius 2 is 2.19 bits per heavy atom. The van der Waals surface area contributed by atoms with Crippen LogP contribution in [0.3, 0.4) is 0 Å². The Balaban J connectivity index is 1.60. The van der Waals surface area contributed by atoms with Gasteiger partial charge in [0, 0.05) is 35.3 Å². The fourth-order valence-corrected chi connectivity index (χ4v) is 4.72. The van der Waals surface area contributed by atoms with Crippen LogP contribution in [0, 0.1) is 5.92 Å². The zero-order chi connectivity index (χ0) is 17.8. The minimum Gasteiger partial charge on any atom is -0.493 e. The number of carbonyl (C=O) groups is 1. The lowest BCUT2D eigenvalue weighted by Gasteiger charge is -2.44. The first-order valence-corrected chi connectivity index (χ1v) is 9.18. The minimum atomic E-state index is -0.297. The Labute approximate surface area is 152 Å². The fraction of sp³-hybridized carbons (Fsp3) is 0.381. The summed E-state index contributed by atoms with van der Waals surface area (Å²) in [4.78, 5) is 18.3. The highest BCUT2D eigenvalue weighted by Gasteiger charge is 2.42. The van der Waals surface area contributed by atoms with Gasteiger partial charge in [-0.25, -0.2) is 4.79 Å². The van der Waals surface area contributed by atoms with Gasteiger partial charge in [0.25, 0.3) is 0 Å². The van der Waals surface area contributed by atoms with E-state index in [9.17, 15) is 4.79 Å². The molecule has 0 unspecified atom stereocenters. The molecule has 1 aromatic heterocycles. The van der Waals surface area contributed by atoms with Crippen molar-refractivity contribution in [2.24, 2.45) is 5.92 Å². The third kappa shape index (κ3) is 2.13. The van der Waals surface area contributed by atoms with Crippen LogP contribution < -0.4 is 0 Å². The Hall–Kier alpha value is -2.69. The van der Waals surface area contributed by atoms with E-state index >= 15 is 0 Å². The van der Waals surface area contributed by atoms with E-state index in [0.29, 0.717) is 5.57 Å². The zero-order valence-corrected chi connectivity index (χ0v) is 15.0. The topological polar surface area (TPSA) is 54.6 Å². The first kappa shape index (κ1) is 15.6. The Kier molecular flexibility index (Phi) is 3.39. The van der Waals surface area contributed by atoms with Crippen molar-refractivity contribution in [2.45, 2.75) is 31.9 Å². The van der Waals surface area contributed by atoms with E-state index in [1.165, 1.54) is 34.8 Å². The maximum atomic E-state index is 12.3. The molecule has 0 fully saturated rings. The van der Waals surface area contributed by atoms with Crippen LogP contribution in [0.1, 0.15) is 30.6 Å². The number of benzene rings is 1. The van der Waals surface area contributed by atoms with Crippen LogP contribution in [0.25, 0.3) is 10.9 Å². The third-order valence-electron chi connectivity index (χ3n) is 6.04. The number of ether oxygens (including phenoxy) is 2. The van der Waals surface area contributed by atoms with E-state index in [2.05, 4.69) is 40.3 Å². The van der Waals surface area contributed by atoms with Gasteiger partial charge in [-0.2, -0.15) is 0 Å². The van der Waals surface area contributed by atoms with Gasteiger partial charge in [-0.15, -0.1) is 0 Å². The van der Waals surface area contributed by atoms with Crippen molar-refractivity contribution >= 4 is 16.9 Å². The van der Waals surface area contributed by atoms with Crippen molar-refractivity contribution in [2.75, 3.05) is 13.7 Å². The number of carbonyl (C=O) groups excluding carboxylic acids is 1. The van der Waals surface area contributed by atoms with Crippen molar-refractivity contribution in [1.82, 2.24) is 9.88 Å². The maximum absolute atomic E-state index is 12.3. The summed E-state index contributed by atoms with van der Waals surface area (Å²) in [5, 5.41) is 1.32. The first-order valence-electron chi connectivity index (χ1n) is 9.18. The Morgan fingerprint density at radius 3 is 3.04 bits per heavy atom. The highest BCUT2D eigenvalue weighted by Crippen LogP contribution is 2.46. The molecule has 134 valence electrons. The maximum Gasteiger partial charge on any atom is 0.337 e. The lowest BCUT2D eigenvalue weighted by atomic mass is 9.77. The second-order valence-corrected chi connectivity index (χ2v) is 7.33. The molecule has 0 amide bonds. The molecule has 0 bridgehead atoms. The number of methoxy groups -OCH3 is 1. The zero-order valence-electron chi connectivity index (χ0n) is 15.0. The molecule has 1 N–H and O–H groups in total. The monoisotopic (exact) mass is 350 g/mol. The molecule has 1 aromatic carbocycles. The number of fused-ring (bicyclic) bond motifs is 6. The van der Waals surface area contributed by atoms with Crippen LogP contribution in [0.4, 0.5) is 0 Å². The predicted molar refractivity (Wildman–Crippen MR) is 98.3 cm³/mol. The highest BCUT2D eigenvalue weighted by atomic mass is 16.5. The molecule has 5 nitrogen and oxygen atoms in total. The van der Waals surface area contributed by atoms with Gasteiger partial charge in [0.15, 0.2) is 0 Å². The molecule has 26 heavy (non-hydrogen) atoms. The molecule has 3 aliphatic heterocycles. The number of aromatic nitrogens is 1. The molecule has 2 aromatic rings. The van der Waals surface area contributed by atoms with E-state index in [-0.39, 0.29) is 24.0 Å². The van der Waals surface area contributed by atoms with Gasteiger partial charge in [-0.3, -0.25) is 0 Å². The number of rotatable bonds is 1. The summed E-state index contributed by atoms with van der Waals surface area (Å²) in [6, 6.07) is 8.75. The normalized spacial score (nSPS) is 26.8. The number of para-hydroxylation sites is 1. The molecule has 0 aliphatic carbocycles. The Morgan fingerprint density at radius 1 is 1.35 bits per heavy atom. The third-order valence-corrected chi connectivity index (χ3v) is 6.04. The van der Waals surface area contributed by atoms with Crippen LogP contribution in [0.15, 0.2) is 47.9 Å². The summed E-state index contributed by atoms with van der Waals surface area (Å²) in [5.41, 5.74) is 5.69. The average molecular weight is 350 g/mol. The van der Waals surface area contributed by atoms with E-state index in [4.69, 9.17) is 9.47 Å². The minimum absolute atomic E-state index is 0.0153. The van der Waals surface area contributed by atoms with Crippen LogP contribution in [0.5, 0.6) is 0 Å². The first-order chi connectivity index (χ1) is 12.7. The summed E-state index contributed by atoms with van der Waals surface area (Å²) < 4.78 is 10.7. The molecule has 5 heteroatoms. The molecule has 0 saturated carbocycles. The van der Waals surface area contributed by atoms with Gasteiger partial charge in [-0.05, 0) is 37.0 Å². The standard InChI is InChI=1S/C21H22N2O3/c1-12-16-10-23-8-7-14-13-5-3-4-6-18(13)22-20(14)19(23)9-15(16)17(11-26-12)21(24)25-2/h3-6,10-12,15,19,22H,7-9H2,1-2H3/t12-,15+,19-/m1/s1. The number of esters is 1. The molecule has 0 saturated heterocycles. The lowest BCUT2D eigenvalue weighted by molar-refractivity contribution is -0.137. The number of aromatic amines is 1. The van der Waals surface area contributed by atoms with Gasteiger partial charge < -0.3 is 19.4 Å². The second-order valence-electron chi connectivity index (χ2n) is 7.33. The van der Waals surface area contributed by atoms with Crippen LogP contribution in [-0.4, -0.2) is 35.6 Å². The number of hydrogen-bond acceptors (Lipinski definition) is 4. The van der Waals surface area contributed by atoms with Crippen molar-refractivity contribution in [3.05, 3.63) is 59.1 Å². The van der Waals surface area contributed by atoms with E-state index in [1.54, 1.807) is 6.26 Å². The molecule has 0 radical (unpaired) electrons. The van der Waals surface area contributed by atoms with Crippen LogP contribution in [-0.2, 0) is 20.7 Å². The number of nitrogens with zero attached hydrogens (tertiary/aromatic N) is 1. The van der Waals surface area contributed by atoms with Gasteiger partial charge in [0.2, 0.25) is 0 Å². The average Bonchev–Trinajstić information content (AvgIpc) is 3.06. The quantitative estimate of drug-likeness (QED) is 0.801. The van der Waals surface area contributed by atoms with Gasteiger partial charge in [0.1, 0.15) is 6.10 Å². The highest BCUT2D eigenvalue weighted by molar-refractivity contribution is 5.90. The number of nitrogens with one attached hydrogen (secondary N) is 1. The van der Waals surface area contributed by atoms with Crippen molar-refractivity contribution < 1.29 is 14.3 Å². The molecule has 3 atom stereocenters. The molecule has 4 heterocycles. The number of hydrogen-bond donors (Lipinski definition) is 1. The molecule has 3 aliphatic rings. The van der Waals surface area contributed by atoms with Gasteiger partial charge in [-0.1, -0.05) is 18.2 Å². The molecular weight excluding hydrogens is 328 g/mol. The Bertz CT molecular complexity index is 955. The van der Waals surface area contributed by atoms with Crippen LogP contribution in [0.2, 0.25) is 0 Å². The molecule has 5 rings (SSSR count). The summed E-state index contributed by atoms with van der Waals surface area (Å²) in [6.45, 7) is 3.03. The van der Waals surface area contributed by atoms with Crippen LogP contribution >= 0.6 is 0 Å². The second kappa shape index (κ2) is 5.66. The number of H-pyrrole nitrogens is 1. The summed E-state index contributed by atoms with van der Waals surface area (Å²) >= 11 is 0. The van der Waals surface area contributed by atoms with Crippen molar-refractivity contribution in [3.63, 3.8) is 0 Å². The van der Waals surface area contributed by atoms with E-state index < -0.39 is 0 Å². The predicted octanol–water partition coefficient (Wildman–Crippen LogP) is 3.45. The van der Waals surface area contributed by atoms with Crippen molar-refractivity contribution in [3.8, 4) is 0 Å². The summed E-state index contributed by atoms with van der Waals surface area (Å²) in [5.74, 6) is -0.251. The smallest absolute Gasteiger partial charge is 0.337 e. The molecular formula is C21H22N2O3. The lowest BCUT2D eigenvalue weighted by Crippen LogP contribution is -2.41.